The molecule has 2 bridgehead atoms. The lowest BCUT2D eigenvalue weighted by Gasteiger charge is -2.17. The number of amides is 1. The van der Waals surface area contributed by atoms with Crippen molar-refractivity contribution in [2.24, 2.45) is 4.99 Å². The minimum absolute atomic E-state index is 0.0461. The van der Waals surface area contributed by atoms with Crippen LogP contribution >= 0.6 is 11.6 Å². The van der Waals surface area contributed by atoms with Gasteiger partial charge in [-0.1, -0.05) is 11.6 Å². The maximum atomic E-state index is 12.4. The molecule has 10 heteroatoms. The number of carbonyl (C=O) groups excluding carboxylic acids is 1. The summed E-state index contributed by atoms with van der Waals surface area (Å²) in [5.74, 6) is 1.22. The number of aromatic hydroxyl groups is 1. The third-order valence-corrected chi connectivity index (χ3v) is 5.86. The SMILES string of the molecule is CN1CCCNc2ncnc3[nH]c(O)c(c23)C=Nc2ccc(Cl)c(c2)OCCCCCC1=O. The maximum Gasteiger partial charge on any atom is 0.222 e. The molecule has 0 radical (unpaired) electrons. The summed E-state index contributed by atoms with van der Waals surface area (Å²) in [6, 6.07) is 5.27. The predicted octanol–water partition coefficient (Wildman–Crippen LogP) is 4.28. The van der Waals surface area contributed by atoms with Crippen LogP contribution in [0.2, 0.25) is 5.02 Å². The Hall–Kier alpha value is -3.33. The molecule has 1 amide bonds. The van der Waals surface area contributed by atoms with Crippen molar-refractivity contribution in [2.75, 3.05) is 32.1 Å². The first-order valence-electron chi connectivity index (χ1n) is 11.0. The third-order valence-electron chi connectivity index (χ3n) is 5.55. The van der Waals surface area contributed by atoms with Gasteiger partial charge in [0.1, 0.15) is 23.5 Å². The average molecular weight is 471 g/mol. The largest absolute Gasteiger partial charge is 0.494 e. The first-order chi connectivity index (χ1) is 16.0. The monoisotopic (exact) mass is 470 g/mol. The van der Waals surface area contributed by atoms with Gasteiger partial charge in [0.05, 0.1) is 28.3 Å². The lowest BCUT2D eigenvalue weighted by atomic mass is 10.2. The highest BCUT2D eigenvalue weighted by Gasteiger charge is 2.16. The van der Waals surface area contributed by atoms with Gasteiger partial charge in [-0.3, -0.25) is 9.79 Å². The smallest absolute Gasteiger partial charge is 0.222 e. The summed E-state index contributed by atoms with van der Waals surface area (Å²) in [5, 5.41) is 14.9. The van der Waals surface area contributed by atoms with E-state index in [1.165, 1.54) is 6.33 Å². The zero-order valence-electron chi connectivity index (χ0n) is 18.5. The quantitative estimate of drug-likeness (QED) is 0.451. The predicted molar refractivity (Wildman–Crippen MR) is 129 cm³/mol. The van der Waals surface area contributed by atoms with Crippen molar-refractivity contribution in [3.8, 4) is 11.6 Å². The fourth-order valence-electron chi connectivity index (χ4n) is 3.69. The van der Waals surface area contributed by atoms with Gasteiger partial charge in [-0.05, 0) is 37.8 Å². The maximum absolute atomic E-state index is 12.4. The number of hydrogen-bond donors (Lipinski definition) is 3. The van der Waals surface area contributed by atoms with Crippen LogP contribution in [-0.2, 0) is 4.79 Å². The first kappa shape index (κ1) is 22.8. The number of halogens is 1. The summed E-state index contributed by atoms with van der Waals surface area (Å²) in [5.41, 5.74) is 1.62. The Morgan fingerprint density at radius 2 is 2.06 bits per heavy atom. The normalized spacial score (nSPS) is 16.3. The Bertz CT molecular complexity index is 1160. The van der Waals surface area contributed by atoms with Crippen LogP contribution in [0.25, 0.3) is 11.0 Å². The van der Waals surface area contributed by atoms with Gasteiger partial charge in [0, 0.05) is 38.8 Å². The van der Waals surface area contributed by atoms with E-state index in [9.17, 15) is 9.90 Å². The van der Waals surface area contributed by atoms with Crippen LogP contribution in [0, 0.1) is 0 Å². The molecule has 3 aromatic rings. The third kappa shape index (κ3) is 5.54. The topological polar surface area (TPSA) is 116 Å². The second kappa shape index (κ2) is 10.5. The van der Waals surface area contributed by atoms with E-state index >= 15 is 0 Å². The number of aromatic amines is 1. The summed E-state index contributed by atoms with van der Waals surface area (Å²) in [7, 11) is 1.83. The zero-order valence-corrected chi connectivity index (χ0v) is 19.2. The second-order valence-corrected chi connectivity index (χ2v) is 8.37. The fourth-order valence-corrected chi connectivity index (χ4v) is 3.86. The summed E-state index contributed by atoms with van der Waals surface area (Å²) in [6.45, 7) is 1.76. The van der Waals surface area contributed by atoms with Crippen molar-refractivity contribution < 1.29 is 14.6 Å². The highest BCUT2D eigenvalue weighted by atomic mass is 35.5. The highest BCUT2D eigenvalue weighted by Crippen LogP contribution is 2.32. The Balaban J connectivity index is 1.65. The number of benzene rings is 1. The molecule has 33 heavy (non-hydrogen) atoms. The Morgan fingerprint density at radius 3 is 2.94 bits per heavy atom. The van der Waals surface area contributed by atoms with Gasteiger partial charge < -0.3 is 25.0 Å². The van der Waals surface area contributed by atoms with Crippen molar-refractivity contribution in [1.82, 2.24) is 19.9 Å². The molecule has 1 aliphatic heterocycles. The van der Waals surface area contributed by atoms with Crippen LogP contribution in [0.5, 0.6) is 11.6 Å². The fraction of sp³-hybridized carbons (Fsp3) is 0.391. The molecular formula is C23H27ClN6O3. The number of ether oxygens (including phenoxy) is 1. The lowest BCUT2D eigenvalue weighted by molar-refractivity contribution is -0.130. The molecule has 0 saturated heterocycles. The van der Waals surface area contributed by atoms with Crippen molar-refractivity contribution in [1.29, 1.82) is 0 Å². The number of anilines is 1. The molecule has 1 aromatic carbocycles. The molecule has 0 aliphatic carbocycles. The van der Waals surface area contributed by atoms with E-state index in [-0.39, 0.29) is 11.8 Å². The van der Waals surface area contributed by atoms with Crippen molar-refractivity contribution >= 4 is 46.3 Å². The molecule has 0 unspecified atom stereocenters. The van der Waals surface area contributed by atoms with Crippen LogP contribution in [0.15, 0.2) is 29.5 Å². The molecule has 9 nitrogen and oxygen atoms in total. The molecule has 3 N–H and O–H groups in total. The lowest BCUT2D eigenvalue weighted by Crippen LogP contribution is -2.28. The van der Waals surface area contributed by atoms with Gasteiger partial charge in [-0.25, -0.2) is 9.97 Å². The van der Waals surface area contributed by atoms with E-state index in [4.69, 9.17) is 16.3 Å². The number of hydrogen-bond acceptors (Lipinski definition) is 7. The number of aromatic nitrogens is 3. The number of carbonyl (C=O) groups is 1. The van der Waals surface area contributed by atoms with Gasteiger partial charge in [0.15, 0.2) is 5.88 Å². The van der Waals surface area contributed by atoms with Crippen molar-refractivity contribution in [3.05, 3.63) is 35.1 Å². The number of fused-ring (bicyclic) bond motifs is 2. The number of nitrogens with zero attached hydrogens (tertiary/aromatic N) is 4. The summed E-state index contributed by atoms with van der Waals surface area (Å²) < 4.78 is 5.84. The number of H-pyrrole nitrogens is 1. The van der Waals surface area contributed by atoms with Gasteiger partial charge in [-0.2, -0.15) is 0 Å². The molecule has 174 valence electrons. The summed E-state index contributed by atoms with van der Waals surface area (Å²) >= 11 is 6.28. The minimum Gasteiger partial charge on any atom is -0.494 e. The van der Waals surface area contributed by atoms with Crippen LogP contribution in [0.1, 0.15) is 37.7 Å². The molecule has 0 atom stereocenters. The van der Waals surface area contributed by atoms with Gasteiger partial charge in [0.2, 0.25) is 5.91 Å². The number of rotatable bonds is 0. The molecular weight excluding hydrogens is 444 g/mol. The molecule has 2 aromatic heterocycles. The summed E-state index contributed by atoms with van der Waals surface area (Å²) in [6.07, 6.45) is 6.83. The van der Waals surface area contributed by atoms with E-state index in [2.05, 4.69) is 25.3 Å². The van der Waals surface area contributed by atoms with Crippen molar-refractivity contribution in [3.63, 3.8) is 0 Å². The van der Waals surface area contributed by atoms with Gasteiger partial charge in [-0.15, -0.1) is 0 Å². The van der Waals surface area contributed by atoms with Crippen LogP contribution in [0.4, 0.5) is 11.5 Å². The van der Waals surface area contributed by atoms with Crippen molar-refractivity contribution in [2.45, 2.75) is 32.1 Å². The Morgan fingerprint density at radius 1 is 1.18 bits per heavy atom. The molecule has 0 fully saturated rings. The van der Waals surface area contributed by atoms with E-state index in [0.29, 0.717) is 65.0 Å². The van der Waals surface area contributed by atoms with Crippen LogP contribution < -0.4 is 10.1 Å². The first-order valence-corrected chi connectivity index (χ1v) is 11.4. The molecule has 0 spiro atoms. The van der Waals surface area contributed by atoms with Gasteiger partial charge >= 0.3 is 0 Å². The Kier molecular flexibility index (Phi) is 7.29. The number of aliphatic imine (C=N–C) groups is 1. The molecule has 4 rings (SSSR count). The summed E-state index contributed by atoms with van der Waals surface area (Å²) in [4.78, 5) is 30.1. The molecule has 0 saturated carbocycles. The Labute approximate surface area is 196 Å². The number of nitrogens with one attached hydrogen (secondary N) is 2. The zero-order chi connectivity index (χ0) is 23.2. The minimum atomic E-state index is -0.0461. The highest BCUT2D eigenvalue weighted by molar-refractivity contribution is 6.32. The molecule has 3 heterocycles. The standard InChI is InChI=1S/C23H27ClN6O3/c1-30-10-5-9-25-21-20-16(23(32)29-22(20)28-14-27-21)13-26-15-7-8-17(24)18(12-15)33-11-4-2-3-6-19(30)31/h7-8,12-14,32H,2-6,9-11H2,1H3,(H2,25,27,28,29). The average Bonchev–Trinajstić information content (AvgIpc) is 3.13. The second-order valence-electron chi connectivity index (χ2n) is 7.96. The van der Waals surface area contributed by atoms with Crippen LogP contribution in [-0.4, -0.2) is 63.8 Å². The van der Waals surface area contributed by atoms with Gasteiger partial charge in [0.25, 0.3) is 0 Å². The van der Waals surface area contributed by atoms with E-state index in [0.717, 1.165) is 25.7 Å². The van der Waals surface area contributed by atoms with E-state index < -0.39 is 0 Å². The van der Waals surface area contributed by atoms with E-state index in [1.54, 1.807) is 29.3 Å². The van der Waals surface area contributed by atoms with E-state index in [1.807, 2.05) is 7.05 Å². The van der Waals surface area contributed by atoms with Crippen LogP contribution in [0.3, 0.4) is 0 Å². The molecule has 1 aliphatic rings.